The van der Waals surface area contributed by atoms with Crippen LogP contribution < -0.4 is 0 Å². The van der Waals surface area contributed by atoms with Gasteiger partial charge in [-0.2, -0.15) is 0 Å². The molecule has 0 nitrogen and oxygen atoms in total. The molecule has 0 amide bonds. The van der Waals surface area contributed by atoms with Crippen molar-refractivity contribution in [2.75, 3.05) is 0 Å². The molecule has 64 heavy (non-hydrogen) atoms. The lowest BCUT2D eigenvalue weighted by Gasteiger charge is -2.26. The van der Waals surface area contributed by atoms with Gasteiger partial charge in [-0.05, 0) is 70.8 Å². The molecule has 0 bridgehead atoms. The summed E-state index contributed by atoms with van der Waals surface area (Å²) >= 11 is 0. The largest absolute Gasteiger partial charge is 0.0622 e. The lowest BCUT2D eigenvalue weighted by molar-refractivity contribution is 1.48. The van der Waals surface area contributed by atoms with Gasteiger partial charge in [-0.1, -0.05) is 241 Å². The van der Waals surface area contributed by atoms with Crippen molar-refractivity contribution in [2.24, 2.45) is 0 Å². The number of rotatable bonds is 4. The van der Waals surface area contributed by atoms with Gasteiger partial charge in [0, 0.05) is 66.8 Å². The molecule has 1 aliphatic rings. The third kappa shape index (κ3) is 9.46. The SMILES string of the molecule is C(#Cc1ccccc1)C1=C(c2ccccc2)/C(C#Cc2ccccc2)=C(c2ccccc2)\C(C#Cc2ccccc2)=C(c2ccccc2)/C(C#Cc2ccccc2)=C\1c1ccccc1. The Kier molecular flexibility index (Phi) is 12.6. The van der Waals surface area contributed by atoms with E-state index >= 15 is 0 Å². The van der Waals surface area contributed by atoms with Gasteiger partial charge in [-0.25, -0.2) is 0 Å². The summed E-state index contributed by atoms with van der Waals surface area (Å²) in [4.78, 5) is 0. The van der Waals surface area contributed by atoms with Crippen LogP contribution in [0.25, 0.3) is 22.3 Å². The fourth-order valence-corrected chi connectivity index (χ4v) is 7.70. The molecule has 8 aromatic carbocycles. The van der Waals surface area contributed by atoms with E-state index in [-0.39, 0.29) is 0 Å². The molecule has 0 aliphatic heterocycles. The van der Waals surface area contributed by atoms with Crippen LogP contribution in [0.1, 0.15) is 44.5 Å². The maximum atomic E-state index is 3.82. The summed E-state index contributed by atoms with van der Waals surface area (Å²) in [5.74, 6) is 29.7. The standard InChI is InChI=1S/C64H40/c1-9-25-49(26-10-1)41-45-57-61(53-33-17-5-18-34-53)58(46-42-50-27-11-2-12-28-50)63(55-37-21-7-22-38-55)60(48-44-52-31-15-4-16-32-52)64(56-39-23-8-24-40-56)59(47-43-51-29-13-3-14-30-51)62(57)54-35-19-6-20-36-54/h1-40H/b61-57-,61-58?,62-57?,62-59-,63-58-,63-60?,64-59?,64-60-. The van der Waals surface area contributed by atoms with E-state index in [0.717, 1.165) is 89.1 Å². The Morgan fingerprint density at radius 2 is 0.312 bits per heavy atom. The Morgan fingerprint density at radius 3 is 0.484 bits per heavy atom. The highest BCUT2D eigenvalue weighted by Crippen LogP contribution is 2.48. The number of benzene rings is 8. The lowest BCUT2D eigenvalue weighted by atomic mass is 9.74. The highest BCUT2D eigenvalue weighted by atomic mass is 14.3. The molecule has 0 atom stereocenters. The van der Waals surface area contributed by atoms with Crippen molar-refractivity contribution in [2.45, 2.75) is 0 Å². The summed E-state index contributed by atoms with van der Waals surface area (Å²) in [6.45, 7) is 0. The zero-order chi connectivity index (χ0) is 43.2. The predicted molar refractivity (Wildman–Crippen MR) is 267 cm³/mol. The van der Waals surface area contributed by atoms with E-state index in [1.165, 1.54) is 0 Å². The summed E-state index contributed by atoms with van der Waals surface area (Å²) in [5.41, 5.74) is 14.2. The Labute approximate surface area is 377 Å². The van der Waals surface area contributed by atoms with Crippen LogP contribution in [0, 0.1) is 47.4 Å². The minimum absolute atomic E-state index is 0.799. The number of allylic oxidation sites excluding steroid dienone is 8. The van der Waals surface area contributed by atoms with Crippen LogP contribution in [0.15, 0.2) is 265 Å². The van der Waals surface area contributed by atoms with Gasteiger partial charge < -0.3 is 0 Å². The van der Waals surface area contributed by atoms with E-state index in [9.17, 15) is 0 Å². The van der Waals surface area contributed by atoms with Gasteiger partial charge in [-0.3, -0.25) is 0 Å². The number of hydrogen-bond acceptors (Lipinski definition) is 0. The maximum absolute atomic E-state index is 3.82. The predicted octanol–water partition coefficient (Wildman–Crippen LogP) is 14.0. The van der Waals surface area contributed by atoms with Crippen LogP contribution in [0.4, 0.5) is 0 Å². The summed E-state index contributed by atoms with van der Waals surface area (Å²) in [7, 11) is 0. The van der Waals surface area contributed by atoms with Crippen molar-refractivity contribution in [1.29, 1.82) is 0 Å². The van der Waals surface area contributed by atoms with E-state index in [0.29, 0.717) is 0 Å². The summed E-state index contributed by atoms with van der Waals surface area (Å²) in [6.07, 6.45) is 0. The molecular weight excluding hydrogens is 769 g/mol. The van der Waals surface area contributed by atoms with Gasteiger partial charge in [0.05, 0.1) is 0 Å². The molecule has 0 saturated carbocycles. The van der Waals surface area contributed by atoms with Gasteiger partial charge in [0.25, 0.3) is 0 Å². The van der Waals surface area contributed by atoms with Crippen molar-refractivity contribution < 1.29 is 0 Å². The van der Waals surface area contributed by atoms with Crippen LogP contribution in [-0.4, -0.2) is 0 Å². The molecule has 0 saturated heterocycles. The highest BCUT2D eigenvalue weighted by molar-refractivity contribution is 6.16. The van der Waals surface area contributed by atoms with E-state index in [4.69, 9.17) is 0 Å². The average molecular weight is 809 g/mol. The van der Waals surface area contributed by atoms with Crippen LogP contribution in [0.3, 0.4) is 0 Å². The van der Waals surface area contributed by atoms with Crippen molar-refractivity contribution in [3.63, 3.8) is 0 Å². The van der Waals surface area contributed by atoms with Crippen molar-refractivity contribution in [1.82, 2.24) is 0 Å². The summed E-state index contributed by atoms with van der Waals surface area (Å²) in [6, 6.07) is 82.8. The molecule has 296 valence electrons. The van der Waals surface area contributed by atoms with E-state index < -0.39 is 0 Å². The molecule has 0 N–H and O–H groups in total. The van der Waals surface area contributed by atoms with Crippen LogP contribution in [-0.2, 0) is 0 Å². The Bertz CT molecular complexity index is 2810. The molecular formula is C64H40. The first kappa shape index (κ1) is 40.4. The Morgan fingerprint density at radius 1 is 0.156 bits per heavy atom. The Hall–Kier alpha value is -9.04. The third-order valence-corrected chi connectivity index (χ3v) is 10.7. The topological polar surface area (TPSA) is 0 Å². The molecule has 0 heteroatoms. The normalized spacial score (nSPS) is 16.8. The van der Waals surface area contributed by atoms with Crippen molar-refractivity contribution in [3.8, 4) is 47.4 Å². The van der Waals surface area contributed by atoms with Crippen molar-refractivity contribution in [3.05, 3.63) is 309 Å². The van der Waals surface area contributed by atoms with E-state index in [1.54, 1.807) is 0 Å². The fraction of sp³-hybridized carbons (Fsp3) is 0. The lowest BCUT2D eigenvalue weighted by Crippen LogP contribution is -2.09. The number of hydrogen-bond donors (Lipinski definition) is 0. The van der Waals surface area contributed by atoms with Crippen LogP contribution in [0.2, 0.25) is 0 Å². The van der Waals surface area contributed by atoms with Gasteiger partial charge in [0.1, 0.15) is 0 Å². The third-order valence-electron chi connectivity index (χ3n) is 10.7. The van der Waals surface area contributed by atoms with Gasteiger partial charge in [0.2, 0.25) is 0 Å². The maximum Gasteiger partial charge on any atom is 0.0431 e. The average Bonchev–Trinajstić information content (AvgIpc) is 3.37. The molecule has 9 rings (SSSR count). The molecule has 0 spiro atoms. The van der Waals surface area contributed by atoms with Crippen molar-refractivity contribution >= 4 is 22.3 Å². The summed E-state index contributed by atoms with van der Waals surface area (Å²) in [5, 5.41) is 0. The second-order valence-electron chi connectivity index (χ2n) is 14.9. The summed E-state index contributed by atoms with van der Waals surface area (Å²) < 4.78 is 0. The van der Waals surface area contributed by atoms with Gasteiger partial charge in [-0.15, -0.1) is 0 Å². The highest BCUT2D eigenvalue weighted by Gasteiger charge is 2.30. The molecule has 1 aliphatic carbocycles. The first-order valence-electron chi connectivity index (χ1n) is 21.3. The monoisotopic (exact) mass is 808 g/mol. The smallest absolute Gasteiger partial charge is 0.0431 e. The molecule has 8 aromatic rings. The van der Waals surface area contributed by atoms with E-state index in [2.05, 4.69) is 193 Å². The molecule has 0 aromatic heterocycles. The molecule has 0 heterocycles. The second-order valence-corrected chi connectivity index (χ2v) is 14.9. The molecule has 0 radical (unpaired) electrons. The van der Waals surface area contributed by atoms with Crippen LogP contribution in [0.5, 0.6) is 0 Å². The van der Waals surface area contributed by atoms with Gasteiger partial charge >= 0.3 is 0 Å². The molecule has 0 fully saturated rings. The fourth-order valence-electron chi connectivity index (χ4n) is 7.70. The van der Waals surface area contributed by atoms with Gasteiger partial charge in [0.15, 0.2) is 0 Å². The zero-order valence-electron chi connectivity index (χ0n) is 35.1. The second kappa shape index (κ2) is 20.0. The minimum Gasteiger partial charge on any atom is -0.0622 e. The minimum atomic E-state index is 0.799. The zero-order valence-corrected chi connectivity index (χ0v) is 35.1. The first-order valence-corrected chi connectivity index (χ1v) is 21.3. The molecule has 0 unspecified atom stereocenters. The van der Waals surface area contributed by atoms with Crippen LogP contribution >= 0.6 is 0 Å². The quantitative estimate of drug-likeness (QED) is 0.155. The first-order chi connectivity index (χ1) is 31.8. The Balaban J connectivity index is 1.59. The van der Waals surface area contributed by atoms with E-state index in [1.807, 2.05) is 97.1 Å².